The summed E-state index contributed by atoms with van der Waals surface area (Å²) in [6.45, 7) is 2.76. The Kier molecular flexibility index (Phi) is 5.30. The van der Waals surface area contributed by atoms with Gasteiger partial charge in [0.05, 0.1) is 6.10 Å². The zero-order chi connectivity index (χ0) is 13.8. The smallest absolute Gasteiger partial charge is 0.0540 e. The highest BCUT2D eigenvalue weighted by Gasteiger charge is 2.40. The van der Waals surface area contributed by atoms with E-state index in [1.54, 1.807) is 0 Å². The Morgan fingerprint density at radius 2 is 1.47 bits per heavy atom. The summed E-state index contributed by atoms with van der Waals surface area (Å²) in [5, 5.41) is 19.2. The Morgan fingerprint density at radius 3 is 1.95 bits per heavy atom. The largest absolute Gasteiger partial charge is 0.396 e. The minimum atomic E-state index is -0.0868. The lowest BCUT2D eigenvalue weighted by atomic mass is 9.96. The highest BCUT2D eigenvalue weighted by Crippen LogP contribution is 2.50. The molecule has 0 aromatic carbocycles. The first-order valence-corrected chi connectivity index (χ1v) is 8.37. The summed E-state index contributed by atoms with van der Waals surface area (Å²) in [7, 11) is 0. The summed E-state index contributed by atoms with van der Waals surface area (Å²) >= 11 is 0. The van der Waals surface area contributed by atoms with E-state index < -0.39 is 0 Å². The molecule has 1 unspecified atom stereocenters. The Balaban J connectivity index is 1.40. The lowest BCUT2D eigenvalue weighted by Crippen LogP contribution is -2.09. The first-order valence-electron chi connectivity index (χ1n) is 8.37. The predicted molar refractivity (Wildman–Crippen MR) is 79.0 cm³/mol. The number of aliphatic hydroxyl groups is 2. The van der Waals surface area contributed by atoms with Crippen LogP contribution in [0, 0.1) is 10.8 Å². The van der Waals surface area contributed by atoms with Gasteiger partial charge in [0.1, 0.15) is 0 Å². The molecule has 0 radical (unpaired) electrons. The quantitative estimate of drug-likeness (QED) is 0.555. The predicted octanol–water partition coefficient (Wildman–Crippen LogP) is 4.04. The summed E-state index contributed by atoms with van der Waals surface area (Å²) in [4.78, 5) is 0. The lowest BCUT2D eigenvalue weighted by Gasteiger charge is -2.14. The SMILES string of the molecule is CC1(CCCCC(O)CCCCC2(CO)CC2)CC1. The molecule has 19 heavy (non-hydrogen) atoms. The van der Waals surface area contributed by atoms with Crippen LogP contribution in [-0.4, -0.2) is 22.9 Å². The van der Waals surface area contributed by atoms with Gasteiger partial charge in [-0.05, 0) is 62.2 Å². The highest BCUT2D eigenvalue weighted by molar-refractivity contribution is 4.92. The van der Waals surface area contributed by atoms with Crippen LogP contribution in [0.3, 0.4) is 0 Å². The van der Waals surface area contributed by atoms with Gasteiger partial charge >= 0.3 is 0 Å². The summed E-state index contributed by atoms with van der Waals surface area (Å²) in [6, 6.07) is 0. The zero-order valence-corrected chi connectivity index (χ0v) is 12.7. The van der Waals surface area contributed by atoms with Crippen LogP contribution in [-0.2, 0) is 0 Å². The first-order chi connectivity index (χ1) is 9.08. The van der Waals surface area contributed by atoms with E-state index in [2.05, 4.69) is 6.92 Å². The van der Waals surface area contributed by atoms with Crippen molar-refractivity contribution in [3.05, 3.63) is 0 Å². The fourth-order valence-corrected chi connectivity index (χ4v) is 3.08. The van der Waals surface area contributed by atoms with Gasteiger partial charge in [-0.15, -0.1) is 0 Å². The van der Waals surface area contributed by atoms with Crippen molar-refractivity contribution in [1.29, 1.82) is 0 Å². The topological polar surface area (TPSA) is 40.5 Å². The van der Waals surface area contributed by atoms with Crippen molar-refractivity contribution >= 4 is 0 Å². The van der Waals surface area contributed by atoms with Gasteiger partial charge in [0.2, 0.25) is 0 Å². The Labute approximate surface area is 118 Å². The normalized spacial score (nSPS) is 24.2. The van der Waals surface area contributed by atoms with Crippen LogP contribution in [0.4, 0.5) is 0 Å². The summed E-state index contributed by atoms with van der Waals surface area (Å²) in [5.74, 6) is 0. The molecule has 0 aromatic rings. The molecule has 0 bridgehead atoms. The van der Waals surface area contributed by atoms with E-state index in [0.717, 1.165) is 25.7 Å². The molecule has 112 valence electrons. The molecule has 2 rings (SSSR count). The van der Waals surface area contributed by atoms with Crippen molar-refractivity contribution in [2.45, 2.75) is 90.1 Å². The van der Waals surface area contributed by atoms with Gasteiger partial charge in [0, 0.05) is 6.61 Å². The minimum absolute atomic E-state index is 0.0868. The second-order valence-electron chi connectivity index (χ2n) is 7.61. The maximum Gasteiger partial charge on any atom is 0.0540 e. The second kappa shape index (κ2) is 6.58. The Hall–Kier alpha value is -0.0800. The summed E-state index contributed by atoms with van der Waals surface area (Å²) in [6.07, 6.45) is 14.4. The number of hydrogen-bond donors (Lipinski definition) is 2. The molecule has 0 aliphatic heterocycles. The zero-order valence-electron chi connectivity index (χ0n) is 12.7. The molecular formula is C17H32O2. The number of rotatable bonds is 11. The molecule has 0 aromatic heterocycles. The van der Waals surface area contributed by atoms with E-state index in [-0.39, 0.29) is 6.10 Å². The third-order valence-corrected chi connectivity index (χ3v) is 5.46. The van der Waals surface area contributed by atoms with Gasteiger partial charge in [-0.3, -0.25) is 0 Å². The van der Waals surface area contributed by atoms with E-state index in [9.17, 15) is 10.2 Å². The summed E-state index contributed by atoms with van der Waals surface area (Å²) in [5.41, 5.74) is 0.971. The third kappa shape index (κ3) is 5.43. The van der Waals surface area contributed by atoms with Gasteiger partial charge in [-0.25, -0.2) is 0 Å². The van der Waals surface area contributed by atoms with Crippen LogP contribution in [0.25, 0.3) is 0 Å². The van der Waals surface area contributed by atoms with Gasteiger partial charge in [0.25, 0.3) is 0 Å². The average Bonchev–Trinajstić information content (AvgIpc) is 3.30. The molecule has 2 N–H and O–H groups in total. The van der Waals surface area contributed by atoms with Crippen LogP contribution in [0.15, 0.2) is 0 Å². The van der Waals surface area contributed by atoms with E-state index in [1.165, 1.54) is 51.4 Å². The average molecular weight is 268 g/mol. The van der Waals surface area contributed by atoms with Crippen molar-refractivity contribution < 1.29 is 10.2 Å². The van der Waals surface area contributed by atoms with E-state index in [0.29, 0.717) is 17.4 Å². The molecule has 0 heterocycles. The van der Waals surface area contributed by atoms with Crippen molar-refractivity contribution in [3.8, 4) is 0 Å². The van der Waals surface area contributed by atoms with Gasteiger partial charge in [0.15, 0.2) is 0 Å². The van der Waals surface area contributed by atoms with Crippen LogP contribution in [0.2, 0.25) is 0 Å². The highest BCUT2D eigenvalue weighted by atomic mass is 16.3. The fraction of sp³-hybridized carbons (Fsp3) is 1.00. The van der Waals surface area contributed by atoms with Gasteiger partial charge in [-0.2, -0.15) is 0 Å². The lowest BCUT2D eigenvalue weighted by molar-refractivity contribution is 0.143. The monoisotopic (exact) mass is 268 g/mol. The third-order valence-electron chi connectivity index (χ3n) is 5.46. The maximum atomic E-state index is 9.95. The molecule has 1 atom stereocenters. The first kappa shape index (κ1) is 15.3. The van der Waals surface area contributed by atoms with Crippen LogP contribution in [0.5, 0.6) is 0 Å². The van der Waals surface area contributed by atoms with Crippen LogP contribution in [0.1, 0.15) is 84.0 Å². The van der Waals surface area contributed by atoms with Crippen molar-refractivity contribution in [2.75, 3.05) is 6.61 Å². The van der Waals surface area contributed by atoms with E-state index >= 15 is 0 Å². The molecule has 2 nitrogen and oxygen atoms in total. The van der Waals surface area contributed by atoms with Gasteiger partial charge < -0.3 is 10.2 Å². The minimum Gasteiger partial charge on any atom is -0.396 e. The fourth-order valence-electron chi connectivity index (χ4n) is 3.08. The Bertz CT molecular complexity index is 266. The molecule has 2 saturated carbocycles. The molecule has 2 aliphatic rings. The second-order valence-corrected chi connectivity index (χ2v) is 7.61. The van der Waals surface area contributed by atoms with E-state index in [1.807, 2.05) is 0 Å². The molecule has 0 spiro atoms. The molecule has 2 fully saturated rings. The number of unbranched alkanes of at least 4 members (excludes halogenated alkanes) is 2. The Morgan fingerprint density at radius 1 is 0.895 bits per heavy atom. The van der Waals surface area contributed by atoms with Gasteiger partial charge in [-0.1, -0.05) is 32.6 Å². The number of hydrogen-bond acceptors (Lipinski definition) is 2. The van der Waals surface area contributed by atoms with Crippen LogP contribution < -0.4 is 0 Å². The van der Waals surface area contributed by atoms with Crippen molar-refractivity contribution in [3.63, 3.8) is 0 Å². The standard InChI is InChI=1S/C17H32O2/c1-16(10-11-16)8-4-2-6-15(19)7-3-5-9-17(14-18)12-13-17/h15,18-19H,2-14H2,1H3. The molecule has 0 amide bonds. The molecule has 2 heteroatoms. The van der Waals surface area contributed by atoms with Crippen molar-refractivity contribution in [2.24, 2.45) is 10.8 Å². The van der Waals surface area contributed by atoms with Crippen LogP contribution >= 0.6 is 0 Å². The maximum absolute atomic E-state index is 9.95. The van der Waals surface area contributed by atoms with E-state index in [4.69, 9.17) is 0 Å². The number of aliphatic hydroxyl groups excluding tert-OH is 2. The summed E-state index contributed by atoms with van der Waals surface area (Å²) < 4.78 is 0. The molecular weight excluding hydrogens is 236 g/mol. The van der Waals surface area contributed by atoms with Crippen molar-refractivity contribution in [1.82, 2.24) is 0 Å². The molecule has 0 saturated heterocycles. The molecule has 2 aliphatic carbocycles.